The molecule has 0 bridgehead atoms. The van der Waals surface area contributed by atoms with Crippen LogP contribution in [0.5, 0.6) is 0 Å². The highest BCUT2D eigenvalue weighted by molar-refractivity contribution is 4.92. The van der Waals surface area contributed by atoms with E-state index in [-0.39, 0.29) is 5.54 Å². The first kappa shape index (κ1) is 14.9. The van der Waals surface area contributed by atoms with Gasteiger partial charge in [-0.1, -0.05) is 32.6 Å². The largest absolute Gasteiger partial charge is 0.385 e. The Morgan fingerprint density at radius 1 is 1.18 bits per heavy atom. The third-order valence-electron chi connectivity index (χ3n) is 4.24. The number of hydrogen-bond acceptors (Lipinski definition) is 3. The van der Waals surface area contributed by atoms with E-state index >= 15 is 0 Å². The van der Waals surface area contributed by atoms with Crippen LogP contribution in [0.1, 0.15) is 51.9 Å². The average molecular weight is 242 g/mol. The van der Waals surface area contributed by atoms with E-state index in [0.29, 0.717) is 0 Å². The highest BCUT2D eigenvalue weighted by Gasteiger charge is 2.34. The number of nitrogens with two attached hydrogens (primary N) is 1. The van der Waals surface area contributed by atoms with Gasteiger partial charge in [0.2, 0.25) is 0 Å². The van der Waals surface area contributed by atoms with Crippen LogP contribution in [0.15, 0.2) is 0 Å². The van der Waals surface area contributed by atoms with Gasteiger partial charge in [0.25, 0.3) is 0 Å². The van der Waals surface area contributed by atoms with Crippen LogP contribution in [0, 0.1) is 0 Å². The van der Waals surface area contributed by atoms with Crippen molar-refractivity contribution < 1.29 is 4.74 Å². The van der Waals surface area contributed by atoms with E-state index in [4.69, 9.17) is 10.5 Å². The Bertz CT molecular complexity index is 189. The number of nitrogens with zero attached hydrogens (tertiary/aromatic N) is 1. The quantitative estimate of drug-likeness (QED) is 0.550. The Morgan fingerprint density at radius 3 is 2.29 bits per heavy atom. The van der Waals surface area contributed by atoms with E-state index in [9.17, 15) is 0 Å². The molecule has 0 atom stereocenters. The maximum Gasteiger partial charge on any atom is 0.0474 e. The summed E-state index contributed by atoms with van der Waals surface area (Å²) in [5.41, 5.74) is 6.39. The predicted octanol–water partition coefficient (Wildman–Crippen LogP) is 2.40. The third-order valence-corrected chi connectivity index (χ3v) is 4.24. The van der Waals surface area contributed by atoms with E-state index < -0.39 is 0 Å². The molecule has 0 amide bonds. The van der Waals surface area contributed by atoms with Crippen molar-refractivity contribution in [1.29, 1.82) is 0 Å². The summed E-state index contributed by atoms with van der Waals surface area (Å²) >= 11 is 0. The van der Waals surface area contributed by atoms with E-state index in [1.807, 2.05) is 0 Å². The minimum Gasteiger partial charge on any atom is -0.385 e. The van der Waals surface area contributed by atoms with Gasteiger partial charge < -0.3 is 10.5 Å². The summed E-state index contributed by atoms with van der Waals surface area (Å²) < 4.78 is 5.16. The van der Waals surface area contributed by atoms with Crippen molar-refractivity contribution in [1.82, 2.24) is 4.90 Å². The van der Waals surface area contributed by atoms with Crippen LogP contribution in [-0.2, 0) is 4.74 Å². The zero-order valence-electron chi connectivity index (χ0n) is 11.7. The van der Waals surface area contributed by atoms with Crippen LogP contribution >= 0.6 is 0 Å². The van der Waals surface area contributed by atoms with Crippen LogP contribution in [0.3, 0.4) is 0 Å². The SMILES string of the molecule is CCN(CCCOC)C1(CN)CCCCCC1. The number of ether oxygens (including phenoxy) is 1. The molecule has 2 N–H and O–H groups in total. The Kier molecular flexibility index (Phi) is 7.09. The van der Waals surface area contributed by atoms with Crippen LogP contribution in [0.2, 0.25) is 0 Å². The summed E-state index contributed by atoms with van der Waals surface area (Å²) in [5, 5.41) is 0. The van der Waals surface area contributed by atoms with E-state index in [0.717, 1.165) is 32.7 Å². The maximum atomic E-state index is 6.12. The molecule has 0 aromatic rings. The molecular weight excluding hydrogens is 212 g/mol. The Morgan fingerprint density at radius 2 is 1.82 bits per heavy atom. The molecule has 1 aliphatic rings. The monoisotopic (exact) mass is 242 g/mol. The number of rotatable bonds is 7. The van der Waals surface area contributed by atoms with Gasteiger partial charge in [0, 0.05) is 32.3 Å². The second-order valence-corrected chi connectivity index (χ2v) is 5.27. The zero-order chi connectivity index (χ0) is 12.6. The number of methoxy groups -OCH3 is 1. The summed E-state index contributed by atoms with van der Waals surface area (Å²) in [7, 11) is 1.78. The Balaban J connectivity index is 2.58. The van der Waals surface area contributed by atoms with Gasteiger partial charge in [-0.15, -0.1) is 0 Å². The molecule has 0 spiro atoms. The van der Waals surface area contributed by atoms with Crippen LogP contribution in [0.4, 0.5) is 0 Å². The average Bonchev–Trinajstić information content (AvgIpc) is 2.61. The summed E-state index contributed by atoms with van der Waals surface area (Å²) in [6.07, 6.45) is 9.14. The molecule has 0 radical (unpaired) electrons. The molecule has 102 valence electrons. The molecule has 1 rings (SSSR count). The molecular formula is C14H30N2O. The fraction of sp³-hybridized carbons (Fsp3) is 1.00. The van der Waals surface area contributed by atoms with Crippen LogP contribution < -0.4 is 5.73 Å². The maximum absolute atomic E-state index is 6.12. The molecule has 0 aromatic carbocycles. The van der Waals surface area contributed by atoms with Crippen molar-refractivity contribution in [2.75, 3.05) is 33.4 Å². The molecule has 0 saturated heterocycles. The topological polar surface area (TPSA) is 38.5 Å². The molecule has 1 saturated carbocycles. The van der Waals surface area contributed by atoms with Gasteiger partial charge in [-0.25, -0.2) is 0 Å². The lowest BCUT2D eigenvalue weighted by Gasteiger charge is -2.43. The molecule has 1 aliphatic carbocycles. The van der Waals surface area contributed by atoms with E-state index in [1.54, 1.807) is 7.11 Å². The van der Waals surface area contributed by atoms with Crippen molar-refractivity contribution in [3.05, 3.63) is 0 Å². The summed E-state index contributed by atoms with van der Waals surface area (Å²) in [6.45, 7) is 6.17. The standard InChI is InChI=1S/C14H30N2O/c1-3-16(11-8-12-17-2)14(13-15)9-6-4-5-7-10-14/h3-13,15H2,1-2H3. The second kappa shape index (κ2) is 8.06. The van der Waals surface area contributed by atoms with Crippen molar-refractivity contribution in [2.45, 2.75) is 57.4 Å². The Labute approximate surface area is 107 Å². The fourth-order valence-corrected chi connectivity index (χ4v) is 3.17. The van der Waals surface area contributed by atoms with Gasteiger partial charge in [-0.3, -0.25) is 4.90 Å². The molecule has 0 aliphatic heterocycles. The van der Waals surface area contributed by atoms with Gasteiger partial charge in [0.05, 0.1) is 0 Å². The first-order valence-corrected chi connectivity index (χ1v) is 7.23. The third kappa shape index (κ3) is 4.23. The highest BCUT2D eigenvalue weighted by Crippen LogP contribution is 2.31. The van der Waals surface area contributed by atoms with Gasteiger partial charge in [-0.2, -0.15) is 0 Å². The zero-order valence-corrected chi connectivity index (χ0v) is 11.7. The van der Waals surface area contributed by atoms with Gasteiger partial charge in [0.1, 0.15) is 0 Å². The van der Waals surface area contributed by atoms with Gasteiger partial charge in [0.15, 0.2) is 0 Å². The van der Waals surface area contributed by atoms with Gasteiger partial charge >= 0.3 is 0 Å². The first-order valence-electron chi connectivity index (χ1n) is 7.23. The predicted molar refractivity (Wildman–Crippen MR) is 73.2 cm³/mol. The van der Waals surface area contributed by atoms with E-state index in [2.05, 4.69) is 11.8 Å². The minimum absolute atomic E-state index is 0.277. The van der Waals surface area contributed by atoms with Crippen molar-refractivity contribution in [2.24, 2.45) is 5.73 Å². The molecule has 3 heteroatoms. The lowest BCUT2D eigenvalue weighted by molar-refractivity contribution is 0.0715. The first-order chi connectivity index (χ1) is 8.29. The van der Waals surface area contributed by atoms with E-state index in [1.165, 1.54) is 38.5 Å². The molecule has 0 unspecified atom stereocenters. The van der Waals surface area contributed by atoms with Gasteiger partial charge in [-0.05, 0) is 25.8 Å². The normalized spacial score (nSPS) is 20.5. The van der Waals surface area contributed by atoms with Crippen molar-refractivity contribution >= 4 is 0 Å². The smallest absolute Gasteiger partial charge is 0.0474 e. The molecule has 1 fully saturated rings. The molecule has 3 nitrogen and oxygen atoms in total. The molecule has 0 aromatic heterocycles. The van der Waals surface area contributed by atoms with Crippen molar-refractivity contribution in [3.63, 3.8) is 0 Å². The highest BCUT2D eigenvalue weighted by atomic mass is 16.5. The molecule has 0 heterocycles. The second-order valence-electron chi connectivity index (χ2n) is 5.27. The molecule has 17 heavy (non-hydrogen) atoms. The van der Waals surface area contributed by atoms with Crippen molar-refractivity contribution in [3.8, 4) is 0 Å². The number of likely N-dealkylation sites (N-methyl/N-ethyl adjacent to an activating group) is 1. The summed E-state index contributed by atoms with van der Waals surface area (Å²) in [4.78, 5) is 2.61. The lowest BCUT2D eigenvalue weighted by Crippen LogP contribution is -2.54. The summed E-state index contributed by atoms with van der Waals surface area (Å²) in [5.74, 6) is 0. The lowest BCUT2D eigenvalue weighted by atomic mass is 9.88. The van der Waals surface area contributed by atoms with Crippen LogP contribution in [-0.4, -0.2) is 43.8 Å². The Hall–Kier alpha value is -0.120. The van der Waals surface area contributed by atoms with Crippen LogP contribution in [0.25, 0.3) is 0 Å². The minimum atomic E-state index is 0.277. The number of hydrogen-bond donors (Lipinski definition) is 1. The fourth-order valence-electron chi connectivity index (χ4n) is 3.17. The summed E-state index contributed by atoms with van der Waals surface area (Å²) in [6, 6.07) is 0.